The lowest BCUT2D eigenvalue weighted by atomic mass is 9.58. The van der Waals surface area contributed by atoms with Crippen LogP contribution in [-0.2, 0) is 46.2 Å². The lowest BCUT2D eigenvalue weighted by Gasteiger charge is -2.44. The summed E-state index contributed by atoms with van der Waals surface area (Å²) in [4.78, 5) is 45.0. The smallest absolute Gasteiger partial charge is 0.176 e. The predicted molar refractivity (Wildman–Crippen MR) is 235 cm³/mol. The summed E-state index contributed by atoms with van der Waals surface area (Å²) in [7, 11) is 0. The summed E-state index contributed by atoms with van der Waals surface area (Å²) >= 11 is 0. The summed E-state index contributed by atoms with van der Waals surface area (Å²) in [6, 6.07) is 26.0. The fraction of sp³-hybridized carbons (Fsp3) is 0.404. The number of fused-ring (bicyclic) bond motifs is 6. The molecule has 0 aliphatic heterocycles. The largest absolute Gasteiger partial charge is 0.342 e. The number of aryl methyl sites for hydroxylation is 1. The Hall–Kier alpha value is -6.19. The zero-order chi connectivity index (χ0) is 43.0. The molecule has 0 fully saturated rings. The molecular weight excluding hydrogens is 755 g/mol. The molecular formula is C52H53N7O2. The third kappa shape index (κ3) is 6.61. The third-order valence-electron chi connectivity index (χ3n) is 14.8. The molecule has 0 radical (unpaired) electrons. The zero-order valence-electron chi connectivity index (χ0n) is 36.2. The van der Waals surface area contributed by atoms with Crippen molar-refractivity contribution in [2.75, 3.05) is 0 Å². The van der Waals surface area contributed by atoms with Crippen LogP contribution in [0.2, 0.25) is 0 Å². The Morgan fingerprint density at radius 1 is 0.770 bits per heavy atom. The maximum Gasteiger partial charge on any atom is 0.176 e. The highest BCUT2D eigenvalue weighted by molar-refractivity contribution is 6.02. The van der Waals surface area contributed by atoms with E-state index >= 15 is 0 Å². The monoisotopic (exact) mass is 807 g/mol. The number of nitrogens with one attached hydrogen (secondary N) is 1. The van der Waals surface area contributed by atoms with Gasteiger partial charge in [0.05, 0.1) is 34.8 Å². The molecule has 7 atom stereocenters. The van der Waals surface area contributed by atoms with Crippen molar-refractivity contribution in [3.8, 4) is 34.9 Å². The second-order valence-corrected chi connectivity index (χ2v) is 18.9. The van der Waals surface area contributed by atoms with E-state index in [4.69, 9.17) is 15.0 Å². The van der Waals surface area contributed by atoms with E-state index in [9.17, 15) is 20.1 Å². The van der Waals surface area contributed by atoms with Crippen LogP contribution in [0.4, 0.5) is 0 Å². The molecule has 0 bridgehead atoms. The molecule has 0 saturated carbocycles. The van der Waals surface area contributed by atoms with E-state index in [0.717, 1.165) is 88.9 Å². The van der Waals surface area contributed by atoms with Crippen molar-refractivity contribution in [2.45, 2.75) is 110 Å². The van der Waals surface area contributed by atoms with Crippen molar-refractivity contribution in [2.24, 2.45) is 23.7 Å². The average molecular weight is 808 g/mol. The first kappa shape index (κ1) is 40.2. The SMILES string of the molecule is CC(C)c1ccc(-c2nc3c(n2Cc2ccc(CC(C)c4ccc(-c5nc6c([nH]5)CC[C@@H]5[C@@H](C)C(=O)C(C#N)=C[C@@]65C)cc4)cn2)CC[C@@H]2[C@@H](C)C(=O)C(C#N)=C[C@@]32C)cc1. The molecule has 0 spiro atoms. The number of aromatic amines is 1. The van der Waals surface area contributed by atoms with Gasteiger partial charge in [-0.25, -0.2) is 9.97 Å². The summed E-state index contributed by atoms with van der Waals surface area (Å²) in [5.41, 5.74) is 10.3. The van der Waals surface area contributed by atoms with E-state index in [1.807, 2.05) is 32.2 Å². The number of nitriles is 2. The number of benzene rings is 2. The molecule has 0 amide bonds. The van der Waals surface area contributed by atoms with Crippen LogP contribution in [0.5, 0.6) is 0 Å². The van der Waals surface area contributed by atoms with Gasteiger partial charge in [-0.2, -0.15) is 10.5 Å². The molecule has 2 aromatic carbocycles. The summed E-state index contributed by atoms with van der Waals surface area (Å²) in [6.45, 7) is 15.4. The van der Waals surface area contributed by atoms with Crippen LogP contribution in [0, 0.1) is 46.3 Å². The number of hydrogen-bond donors (Lipinski definition) is 1. The minimum atomic E-state index is -0.522. The van der Waals surface area contributed by atoms with Crippen molar-refractivity contribution in [3.05, 3.63) is 135 Å². The molecule has 4 aliphatic carbocycles. The number of pyridine rings is 1. The molecule has 9 heteroatoms. The van der Waals surface area contributed by atoms with Gasteiger partial charge in [-0.05, 0) is 78.5 Å². The highest BCUT2D eigenvalue weighted by Crippen LogP contribution is 2.51. The minimum Gasteiger partial charge on any atom is -0.342 e. The highest BCUT2D eigenvalue weighted by atomic mass is 16.1. The lowest BCUT2D eigenvalue weighted by Crippen LogP contribution is -2.45. The van der Waals surface area contributed by atoms with Gasteiger partial charge in [-0.15, -0.1) is 0 Å². The van der Waals surface area contributed by atoms with Crippen LogP contribution in [0.1, 0.15) is 118 Å². The molecule has 9 nitrogen and oxygen atoms in total. The number of Topliss-reactive ketones (excluding diaryl/α,β-unsaturated/α-hetero) is 2. The van der Waals surface area contributed by atoms with Gasteiger partial charge in [-0.3, -0.25) is 14.6 Å². The lowest BCUT2D eigenvalue weighted by molar-refractivity contribution is -0.122. The number of carbonyl (C=O) groups excluding carboxylic acids is 2. The van der Waals surface area contributed by atoms with Crippen LogP contribution in [0.15, 0.2) is 90.2 Å². The summed E-state index contributed by atoms with van der Waals surface area (Å²) < 4.78 is 2.32. The van der Waals surface area contributed by atoms with Crippen molar-refractivity contribution in [3.63, 3.8) is 0 Å². The number of imidazole rings is 2. The first-order valence-corrected chi connectivity index (χ1v) is 21.9. The van der Waals surface area contributed by atoms with Crippen molar-refractivity contribution in [1.82, 2.24) is 24.5 Å². The van der Waals surface area contributed by atoms with E-state index in [1.165, 1.54) is 11.1 Å². The first-order chi connectivity index (χ1) is 29.2. The summed E-state index contributed by atoms with van der Waals surface area (Å²) in [5, 5.41) is 19.6. The fourth-order valence-electron chi connectivity index (χ4n) is 11.2. The topological polar surface area (TPSA) is 141 Å². The normalized spacial score (nSPS) is 25.9. The second kappa shape index (κ2) is 15.1. The van der Waals surface area contributed by atoms with Gasteiger partial charge in [0.2, 0.25) is 0 Å². The molecule has 3 heterocycles. The third-order valence-corrected chi connectivity index (χ3v) is 14.8. The quantitative estimate of drug-likeness (QED) is 0.165. The van der Waals surface area contributed by atoms with Gasteiger partial charge in [0.25, 0.3) is 0 Å². The Labute approximate surface area is 358 Å². The van der Waals surface area contributed by atoms with Gasteiger partial charge in [0, 0.05) is 51.4 Å². The van der Waals surface area contributed by atoms with E-state index in [2.05, 4.69) is 117 Å². The number of hydrogen-bond acceptors (Lipinski definition) is 7. The predicted octanol–water partition coefficient (Wildman–Crippen LogP) is 9.83. The molecule has 308 valence electrons. The fourth-order valence-corrected chi connectivity index (χ4v) is 11.2. The van der Waals surface area contributed by atoms with Crippen LogP contribution < -0.4 is 0 Å². The number of rotatable bonds is 8. The molecule has 9 rings (SSSR count). The van der Waals surface area contributed by atoms with Gasteiger partial charge in [-0.1, -0.05) is 115 Å². The first-order valence-electron chi connectivity index (χ1n) is 21.9. The molecule has 5 aromatic rings. The number of H-pyrrole nitrogens is 1. The average Bonchev–Trinajstić information content (AvgIpc) is 3.88. The minimum absolute atomic E-state index is 0.0522. The van der Waals surface area contributed by atoms with Gasteiger partial charge in [0.1, 0.15) is 23.8 Å². The molecule has 3 aromatic heterocycles. The standard InChI is InChI=1S/C52H53N7O2/c1-29(2)34-9-15-37(16-10-34)50-58-48-44(21-19-42-32(5)46(61)39(26-54)24-52(42,48)7)59(50)28-40-17-8-33(27-55-40)22-30(3)35-11-13-36(14-12-35)49-56-43-20-18-41-31(4)45(60)38(25-53)23-51(41,6)47(43)57-49/h8-17,23-24,27,29-32,41-42H,18-22,28H2,1-7H3,(H,56,57)/t30?,31-,32-,41-,42-,51-,52-/m1/s1. The maximum atomic E-state index is 13.1. The Bertz CT molecular complexity index is 2720. The maximum absolute atomic E-state index is 13.1. The van der Waals surface area contributed by atoms with Gasteiger partial charge in [0.15, 0.2) is 11.6 Å². The van der Waals surface area contributed by atoms with Crippen molar-refractivity contribution in [1.29, 1.82) is 10.5 Å². The highest BCUT2D eigenvalue weighted by Gasteiger charge is 2.51. The zero-order valence-corrected chi connectivity index (χ0v) is 36.2. The van der Waals surface area contributed by atoms with E-state index < -0.39 is 10.8 Å². The van der Waals surface area contributed by atoms with Gasteiger partial charge < -0.3 is 9.55 Å². The Morgan fingerprint density at radius 2 is 1.36 bits per heavy atom. The molecule has 61 heavy (non-hydrogen) atoms. The molecule has 4 aliphatic rings. The van der Waals surface area contributed by atoms with Crippen molar-refractivity contribution < 1.29 is 9.59 Å². The number of allylic oxidation sites excluding steroid dienone is 4. The number of aromatic nitrogens is 5. The van der Waals surface area contributed by atoms with Crippen LogP contribution in [0.3, 0.4) is 0 Å². The second-order valence-electron chi connectivity index (χ2n) is 18.9. The van der Waals surface area contributed by atoms with Crippen LogP contribution in [-0.4, -0.2) is 36.1 Å². The number of ketones is 2. The Balaban J connectivity index is 0.946. The Morgan fingerprint density at radius 3 is 1.95 bits per heavy atom. The molecule has 1 N–H and O–H groups in total. The van der Waals surface area contributed by atoms with Crippen molar-refractivity contribution >= 4 is 11.6 Å². The van der Waals surface area contributed by atoms with Crippen LogP contribution >= 0.6 is 0 Å². The molecule has 1 unspecified atom stereocenters. The summed E-state index contributed by atoms with van der Waals surface area (Å²) in [6.07, 6.45) is 9.97. The Kier molecular flexibility index (Phi) is 9.93. The number of nitrogens with zero attached hydrogens (tertiary/aromatic N) is 6. The summed E-state index contributed by atoms with van der Waals surface area (Å²) in [5.74, 6) is 2.03. The molecule has 0 saturated heterocycles. The van der Waals surface area contributed by atoms with Crippen LogP contribution in [0.25, 0.3) is 22.8 Å². The van der Waals surface area contributed by atoms with E-state index in [1.54, 1.807) is 0 Å². The van der Waals surface area contributed by atoms with Gasteiger partial charge >= 0.3 is 0 Å². The van der Waals surface area contributed by atoms with E-state index in [0.29, 0.717) is 12.5 Å². The van der Waals surface area contributed by atoms with E-state index in [-0.39, 0.29) is 52.3 Å². The number of carbonyl (C=O) groups is 2.